The van der Waals surface area contributed by atoms with Gasteiger partial charge in [-0.2, -0.15) is 0 Å². The van der Waals surface area contributed by atoms with Crippen LogP contribution in [0.2, 0.25) is 0 Å². The van der Waals surface area contributed by atoms with E-state index < -0.39 is 30.1 Å². The van der Waals surface area contributed by atoms with Crippen molar-refractivity contribution >= 4 is 40.7 Å². The number of hydrogen-bond acceptors (Lipinski definition) is 7. The lowest BCUT2D eigenvalue weighted by molar-refractivity contribution is -0.274. The summed E-state index contributed by atoms with van der Waals surface area (Å²) in [6, 6.07) is 11.5. The molecule has 0 radical (unpaired) electrons. The highest BCUT2D eigenvalue weighted by Gasteiger charge is 2.31. The first kappa shape index (κ1) is 23.6. The molecule has 0 saturated carbocycles. The molecular formula is C21H17F3N2O4S2. The van der Waals surface area contributed by atoms with E-state index in [0.717, 1.165) is 17.8 Å². The number of nitrogens with one attached hydrogen (secondary N) is 1. The number of carbonyl (C=O) groups is 2. The van der Waals surface area contributed by atoms with E-state index in [4.69, 9.17) is 4.74 Å². The Balaban J connectivity index is 1.57. The van der Waals surface area contributed by atoms with Gasteiger partial charge in [0.2, 0.25) is 0 Å². The number of halogens is 3. The molecule has 1 amide bonds. The van der Waals surface area contributed by atoms with Crippen molar-refractivity contribution in [3.05, 3.63) is 70.7 Å². The highest BCUT2D eigenvalue weighted by molar-refractivity contribution is 7.98. The second kappa shape index (κ2) is 10.5. The number of rotatable bonds is 8. The molecule has 0 aliphatic carbocycles. The Morgan fingerprint density at radius 2 is 1.88 bits per heavy atom. The second-order valence-electron chi connectivity index (χ2n) is 6.37. The summed E-state index contributed by atoms with van der Waals surface area (Å²) in [5.41, 5.74) is 3.17. The predicted octanol–water partition coefficient (Wildman–Crippen LogP) is 5.52. The van der Waals surface area contributed by atoms with E-state index in [0.29, 0.717) is 16.2 Å². The molecule has 168 valence electrons. The first-order valence-corrected chi connectivity index (χ1v) is 11.1. The van der Waals surface area contributed by atoms with Crippen LogP contribution in [0.1, 0.15) is 23.0 Å². The van der Waals surface area contributed by atoms with Crippen LogP contribution >= 0.6 is 23.1 Å². The fourth-order valence-corrected chi connectivity index (χ4v) is 4.09. The second-order valence-corrected chi connectivity index (χ2v) is 8.11. The van der Waals surface area contributed by atoms with Gasteiger partial charge in [0.25, 0.3) is 5.91 Å². The van der Waals surface area contributed by atoms with Crippen LogP contribution in [0.3, 0.4) is 0 Å². The normalized spacial score (nSPS) is 12.1. The van der Waals surface area contributed by atoms with Crippen LogP contribution in [0.15, 0.2) is 64.3 Å². The Hall–Kier alpha value is -3.05. The van der Waals surface area contributed by atoms with Gasteiger partial charge < -0.3 is 14.8 Å². The number of thiazole rings is 1. The number of alkyl halides is 3. The van der Waals surface area contributed by atoms with Gasteiger partial charge in [-0.3, -0.25) is 4.79 Å². The number of anilines is 1. The molecule has 11 heteroatoms. The Bertz CT molecular complexity index is 1060. The highest BCUT2D eigenvalue weighted by atomic mass is 32.2. The molecule has 1 N–H and O–H groups in total. The van der Waals surface area contributed by atoms with E-state index >= 15 is 0 Å². The molecule has 0 fully saturated rings. The van der Waals surface area contributed by atoms with Gasteiger partial charge in [-0.05, 0) is 43.3 Å². The minimum atomic E-state index is -4.80. The summed E-state index contributed by atoms with van der Waals surface area (Å²) < 4.78 is 45.7. The van der Waals surface area contributed by atoms with Crippen LogP contribution in [0.5, 0.6) is 5.75 Å². The average Bonchev–Trinajstić information content (AvgIpc) is 3.26. The number of aromatic nitrogens is 1. The van der Waals surface area contributed by atoms with Crippen molar-refractivity contribution in [1.82, 2.24) is 4.98 Å². The Kier molecular flexibility index (Phi) is 7.75. The number of carbonyl (C=O) groups excluding carboxylic acids is 2. The number of benzene rings is 2. The number of hydrogen-bond donors (Lipinski definition) is 1. The van der Waals surface area contributed by atoms with Crippen molar-refractivity contribution in [2.75, 3.05) is 5.32 Å². The molecule has 3 aromatic rings. The monoisotopic (exact) mass is 482 g/mol. The molecule has 0 saturated heterocycles. The lowest BCUT2D eigenvalue weighted by Gasteiger charge is -2.15. The van der Waals surface area contributed by atoms with Gasteiger partial charge in [0.15, 0.2) is 6.10 Å². The Morgan fingerprint density at radius 3 is 2.53 bits per heavy atom. The van der Waals surface area contributed by atoms with E-state index in [9.17, 15) is 22.8 Å². The Labute approximate surface area is 189 Å². The lowest BCUT2D eigenvalue weighted by Crippen LogP contribution is -2.30. The zero-order valence-corrected chi connectivity index (χ0v) is 18.2. The van der Waals surface area contributed by atoms with Gasteiger partial charge in [-0.1, -0.05) is 12.1 Å². The molecular weight excluding hydrogens is 465 g/mol. The molecule has 1 heterocycles. The molecule has 3 rings (SSSR count). The third-order valence-corrected chi connectivity index (χ3v) is 5.72. The third-order valence-electron chi connectivity index (χ3n) is 3.97. The summed E-state index contributed by atoms with van der Waals surface area (Å²) in [5, 5.41) is 4.40. The molecule has 0 unspecified atom stereocenters. The smallest absolute Gasteiger partial charge is 0.449 e. The Morgan fingerprint density at radius 1 is 1.16 bits per heavy atom. The van der Waals surface area contributed by atoms with Crippen LogP contribution in [0, 0.1) is 0 Å². The zero-order valence-electron chi connectivity index (χ0n) is 16.6. The topological polar surface area (TPSA) is 77.5 Å². The largest absolute Gasteiger partial charge is 0.573 e. The fourth-order valence-electron chi connectivity index (χ4n) is 2.48. The maximum atomic E-state index is 12.6. The van der Waals surface area contributed by atoms with Crippen molar-refractivity contribution in [3.63, 3.8) is 0 Å². The van der Waals surface area contributed by atoms with Crippen molar-refractivity contribution in [2.24, 2.45) is 0 Å². The zero-order chi connectivity index (χ0) is 23.1. The summed E-state index contributed by atoms with van der Waals surface area (Å²) in [6.45, 7) is 1.40. The number of ether oxygens (including phenoxy) is 2. The van der Waals surface area contributed by atoms with E-state index in [2.05, 4.69) is 15.0 Å². The maximum absolute atomic E-state index is 12.6. The molecule has 2 aromatic carbocycles. The van der Waals surface area contributed by atoms with E-state index in [1.165, 1.54) is 42.2 Å². The van der Waals surface area contributed by atoms with Crippen LogP contribution in [-0.2, 0) is 15.3 Å². The average molecular weight is 483 g/mol. The van der Waals surface area contributed by atoms with Crippen LogP contribution in [0.4, 0.5) is 18.9 Å². The molecule has 1 atom stereocenters. The van der Waals surface area contributed by atoms with Gasteiger partial charge >= 0.3 is 12.3 Å². The number of esters is 1. The molecule has 0 bridgehead atoms. The first-order valence-electron chi connectivity index (χ1n) is 9.18. The molecule has 6 nitrogen and oxygen atoms in total. The lowest BCUT2D eigenvalue weighted by atomic mass is 10.2. The van der Waals surface area contributed by atoms with Crippen molar-refractivity contribution in [2.45, 2.75) is 30.0 Å². The van der Waals surface area contributed by atoms with E-state index in [1.807, 2.05) is 5.38 Å². The molecule has 0 aliphatic rings. The quantitative estimate of drug-likeness (QED) is 0.337. The summed E-state index contributed by atoms with van der Waals surface area (Å²) in [7, 11) is 0. The van der Waals surface area contributed by atoms with E-state index in [1.54, 1.807) is 29.8 Å². The maximum Gasteiger partial charge on any atom is 0.573 e. The predicted molar refractivity (Wildman–Crippen MR) is 115 cm³/mol. The van der Waals surface area contributed by atoms with Gasteiger partial charge in [0, 0.05) is 21.7 Å². The molecule has 1 aromatic heterocycles. The highest BCUT2D eigenvalue weighted by Crippen LogP contribution is 2.27. The molecule has 0 spiro atoms. The summed E-state index contributed by atoms with van der Waals surface area (Å²) >= 11 is 2.91. The van der Waals surface area contributed by atoms with Crippen molar-refractivity contribution in [1.29, 1.82) is 0 Å². The van der Waals surface area contributed by atoms with Crippen LogP contribution in [-0.4, -0.2) is 29.3 Å². The minimum Gasteiger partial charge on any atom is -0.449 e. The number of amides is 1. The fraction of sp³-hybridized carbons (Fsp3) is 0.190. The number of nitrogens with zero attached hydrogens (tertiary/aromatic N) is 1. The number of thioether (sulfide) groups is 1. The van der Waals surface area contributed by atoms with Crippen molar-refractivity contribution in [3.8, 4) is 5.75 Å². The van der Waals surface area contributed by atoms with Gasteiger partial charge in [-0.25, -0.2) is 9.78 Å². The van der Waals surface area contributed by atoms with Gasteiger partial charge in [0.1, 0.15) is 5.75 Å². The first-order chi connectivity index (χ1) is 15.2. The van der Waals surface area contributed by atoms with Crippen molar-refractivity contribution < 1.29 is 32.2 Å². The van der Waals surface area contributed by atoms with Gasteiger partial charge in [0.05, 0.1) is 16.8 Å². The van der Waals surface area contributed by atoms with Crippen LogP contribution < -0.4 is 10.1 Å². The summed E-state index contributed by atoms with van der Waals surface area (Å²) in [4.78, 5) is 29.9. The van der Waals surface area contributed by atoms with Crippen LogP contribution in [0.25, 0.3) is 0 Å². The SMILES string of the molecule is C[C@H](OC(=O)c1ccccc1SCc1cscn1)C(=O)Nc1ccc(OC(F)(F)F)cc1. The minimum absolute atomic E-state index is 0.228. The summed E-state index contributed by atoms with van der Waals surface area (Å²) in [6.07, 6.45) is -5.94. The summed E-state index contributed by atoms with van der Waals surface area (Å²) in [5.74, 6) is -1.13. The third kappa shape index (κ3) is 6.99. The van der Waals surface area contributed by atoms with Gasteiger partial charge in [-0.15, -0.1) is 36.3 Å². The van der Waals surface area contributed by atoms with E-state index in [-0.39, 0.29) is 5.69 Å². The standard InChI is InChI=1S/C21H17F3N2O4S2/c1-13(19(27)26-14-6-8-16(9-7-14)30-21(22,23)24)29-20(28)17-4-2-3-5-18(17)32-11-15-10-31-12-25-15/h2-10,12-13H,11H2,1H3,(H,26,27)/t13-/m0/s1. The molecule has 32 heavy (non-hydrogen) atoms. The molecule has 0 aliphatic heterocycles.